The number of imide groups is 1. The lowest BCUT2D eigenvalue weighted by Crippen LogP contribution is -2.44. The quantitative estimate of drug-likeness (QED) is 0.147. The molecule has 2 amide bonds. The minimum atomic E-state index is -0.991. The van der Waals surface area contributed by atoms with Crippen LogP contribution in [0.2, 0.25) is 0 Å². The normalized spacial score (nSPS) is 11.4. The van der Waals surface area contributed by atoms with Crippen molar-refractivity contribution in [1.29, 1.82) is 0 Å². The first-order valence-electron chi connectivity index (χ1n) is 16.5. The Balaban J connectivity index is 0.000000242. The van der Waals surface area contributed by atoms with Gasteiger partial charge in [-0.2, -0.15) is 4.90 Å². The van der Waals surface area contributed by atoms with Gasteiger partial charge in [0.2, 0.25) is 11.8 Å². The number of halogens is 4. The largest absolute Gasteiger partial charge is 0.443 e. The SMILES string of the molecule is CC(C)(C)OC(=O)N(C(=O)OC(C)(C)C)c1ncc(Br)nc1-c1nnc(-c2ccc(CBr)cc2)o1.Nc1ncc(Br)nc1-c1nnc(-c2ccc(CBr)cc2)o1. The number of ether oxygens (including phenoxy) is 2. The summed E-state index contributed by atoms with van der Waals surface area (Å²) in [7, 11) is 0. The Kier molecular flexibility index (Phi) is 13.7. The highest BCUT2D eigenvalue weighted by Crippen LogP contribution is 2.32. The highest BCUT2D eigenvalue weighted by molar-refractivity contribution is 9.10. The number of nitrogen functional groups attached to an aromatic ring is 1. The van der Waals surface area contributed by atoms with E-state index in [1.807, 2.05) is 48.5 Å². The fourth-order valence-corrected chi connectivity index (χ4v) is 5.72. The van der Waals surface area contributed by atoms with Crippen molar-refractivity contribution in [3.8, 4) is 46.1 Å². The minimum Gasteiger partial charge on any atom is -0.443 e. The molecule has 6 rings (SSSR count). The maximum absolute atomic E-state index is 13.1. The molecule has 2 aromatic carbocycles. The van der Waals surface area contributed by atoms with Crippen LogP contribution in [0.15, 0.2) is 79.0 Å². The number of benzene rings is 2. The summed E-state index contributed by atoms with van der Waals surface area (Å²) < 4.78 is 23.2. The molecule has 0 bridgehead atoms. The summed E-state index contributed by atoms with van der Waals surface area (Å²) in [6.45, 7) is 10.1. The molecule has 16 nitrogen and oxygen atoms in total. The molecule has 0 fully saturated rings. The molecule has 0 radical (unpaired) electrons. The predicted octanol–water partition coefficient (Wildman–Crippen LogP) is 9.96. The smallest absolute Gasteiger partial charge is 0.425 e. The Hall–Kier alpha value is -4.66. The Labute approximate surface area is 355 Å². The van der Waals surface area contributed by atoms with E-state index in [0.29, 0.717) is 36.6 Å². The summed E-state index contributed by atoms with van der Waals surface area (Å²) in [5, 5.41) is 17.7. The molecule has 4 heterocycles. The second-order valence-electron chi connectivity index (χ2n) is 13.6. The lowest BCUT2D eigenvalue weighted by molar-refractivity contribution is 0.0429. The molecule has 0 saturated heterocycles. The van der Waals surface area contributed by atoms with Crippen LogP contribution in [0, 0.1) is 0 Å². The maximum Gasteiger partial charge on any atom is 0.425 e. The molecule has 56 heavy (non-hydrogen) atoms. The summed E-state index contributed by atoms with van der Waals surface area (Å²) in [4.78, 5) is 43.7. The number of aromatic nitrogens is 8. The molecule has 0 spiro atoms. The third kappa shape index (κ3) is 11.2. The molecule has 0 aliphatic heterocycles. The van der Waals surface area contributed by atoms with Crippen LogP contribution >= 0.6 is 63.7 Å². The van der Waals surface area contributed by atoms with E-state index in [2.05, 4.69) is 104 Å². The molecule has 0 atom stereocenters. The fraction of sp³-hybridized carbons (Fsp3) is 0.278. The van der Waals surface area contributed by atoms with Gasteiger partial charge in [0.25, 0.3) is 11.8 Å². The molecular formula is C36H34Br4N10O6. The van der Waals surface area contributed by atoms with Gasteiger partial charge >= 0.3 is 12.2 Å². The van der Waals surface area contributed by atoms with E-state index < -0.39 is 23.4 Å². The van der Waals surface area contributed by atoms with Crippen molar-refractivity contribution >= 4 is 87.5 Å². The van der Waals surface area contributed by atoms with Crippen molar-refractivity contribution in [2.75, 3.05) is 10.6 Å². The zero-order valence-electron chi connectivity index (χ0n) is 30.8. The zero-order valence-corrected chi connectivity index (χ0v) is 37.1. The highest BCUT2D eigenvalue weighted by Gasteiger charge is 2.37. The first-order chi connectivity index (χ1) is 26.4. The molecule has 0 aliphatic rings. The summed E-state index contributed by atoms with van der Waals surface area (Å²) in [6.07, 6.45) is 0.857. The van der Waals surface area contributed by atoms with Crippen LogP contribution in [0.4, 0.5) is 21.2 Å². The van der Waals surface area contributed by atoms with E-state index in [1.54, 1.807) is 41.5 Å². The number of anilines is 2. The van der Waals surface area contributed by atoms with Crippen LogP contribution in [0.25, 0.3) is 46.1 Å². The summed E-state index contributed by atoms with van der Waals surface area (Å²) in [5.41, 5.74) is 8.13. The number of hydrogen-bond donors (Lipinski definition) is 1. The second-order valence-corrected chi connectivity index (χ2v) is 16.3. The fourth-order valence-electron chi connectivity index (χ4n) is 4.41. The van der Waals surface area contributed by atoms with Crippen LogP contribution in [0.1, 0.15) is 52.7 Å². The Bertz CT molecular complexity index is 2280. The van der Waals surface area contributed by atoms with Crippen molar-refractivity contribution in [3.63, 3.8) is 0 Å². The van der Waals surface area contributed by atoms with Crippen molar-refractivity contribution in [3.05, 3.63) is 81.3 Å². The number of hydrogen-bond acceptors (Lipinski definition) is 15. The molecule has 6 aromatic rings. The Morgan fingerprint density at radius 2 is 1.04 bits per heavy atom. The minimum absolute atomic E-state index is 0.00748. The third-order valence-corrected chi connectivity index (χ3v) is 8.88. The molecule has 0 unspecified atom stereocenters. The van der Waals surface area contributed by atoms with Gasteiger partial charge in [-0.25, -0.2) is 29.5 Å². The van der Waals surface area contributed by atoms with Gasteiger partial charge in [0.05, 0.1) is 12.4 Å². The van der Waals surface area contributed by atoms with Crippen LogP contribution in [0.5, 0.6) is 0 Å². The second kappa shape index (κ2) is 18.1. The average molecular weight is 1020 g/mol. The van der Waals surface area contributed by atoms with Gasteiger partial charge < -0.3 is 24.0 Å². The predicted molar refractivity (Wildman–Crippen MR) is 222 cm³/mol. The lowest BCUT2D eigenvalue weighted by atomic mass is 10.1. The number of nitrogens with two attached hydrogens (primary N) is 1. The van der Waals surface area contributed by atoms with E-state index >= 15 is 0 Å². The van der Waals surface area contributed by atoms with Gasteiger partial charge in [-0.05, 0) is 109 Å². The summed E-state index contributed by atoms with van der Waals surface area (Å²) in [5.74, 6) is 0.887. The van der Waals surface area contributed by atoms with E-state index in [4.69, 9.17) is 24.0 Å². The van der Waals surface area contributed by atoms with E-state index in [1.165, 1.54) is 18.0 Å². The van der Waals surface area contributed by atoms with Crippen molar-refractivity contribution < 1.29 is 27.9 Å². The van der Waals surface area contributed by atoms with Crippen molar-refractivity contribution in [1.82, 2.24) is 40.3 Å². The van der Waals surface area contributed by atoms with Gasteiger partial charge in [0, 0.05) is 21.8 Å². The molecule has 4 aromatic heterocycles. The third-order valence-electron chi connectivity index (χ3n) is 6.82. The number of alkyl halides is 2. The molecule has 2 N–H and O–H groups in total. The van der Waals surface area contributed by atoms with E-state index in [-0.39, 0.29) is 35.0 Å². The standard InChI is InChI=1S/C23H25Br2N5O5.C13H9Br2N5O/c1-22(2,3)34-20(31)30(21(32)35-23(4,5)6)17-16(27-15(25)12-26-17)19-29-28-18(33-19)14-9-7-13(11-24)8-10-14;14-5-7-1-3-8(4-2-7)12-19-20-13(21-12)10-11(16)17-6-9(15)18-10/h7-10,12H,11H2,1-6H3;1-4,6H,5H2,(H2,16,17). The molecule has 0 aliphatic carbocycles. The van der Waals surface area contributed by atoms with Gasteiger partial charge in [-0.1, -0.05) is 56.1 Å². The van der Waals surface area contributed by atoms with E-state index in [0.717, 1.165) is 16.5 Å². The monoisotopic (exact) mass is 1020 g/mol. The Morgan fingerprint density at radius 1 is 0.643 bits per heavy atom. The van der Waals surface area contributed by atoms with Gasteiger partial charge in [-0.3, -0.25) is 0 Å². The first kappa shape index (κ1) is 42.5. The van der Waals surface area contributed by atoms with E-state index in [9.17, 15) is 9.59 Å². The average Bonchev–Trinajstić information content (AvgIpc) is 3.84. The lowest BCUT2D eigenvalue weighted by Gasteiger charge is -2.28. The van der Waals surface area contributed by atoms with Gasteiger partial charge in [0.15, 0.2) is 23.0 Å². The maximum atomic E-state index is 13.1. The molecular weight excluding hydrogens is 988 g/mol. The number of nitrogens with zero attached hydrogens (tertiary/aromatic N) is 9. The van der Waals surface area contributed by atoms with Crippen LogP contribution in [-0.2, 0) is 20.1 Å². The number of carbonyl (C=O) groups excluding carboxylic acids is 2. The van der Waals surface area contributed by atoms with Crippen LogP contribution in [-0.4, -0.2) is 63.7 Å². The summed E-state index contributed by atoms with van der Waals surface area (Å²) in [6, 6.07) is 15.3. The topological polar surface area (TPSA) is 211 Å². The van der Waals surface area contributed by atoms with Crippen LogP contribution < -0.4 is 10.6 Å². The van der Waals surface area contributed by atoms with Crippen LogP contribution in [0.3, 0.4) is 0 Å². The highest BCUT2D eigenvalue weighted by atomic mass is 79.9. The first-order valence-corrected chi connectivity index (χ1v) is 20.3. The van der Waals surface area contributed by atoms with Crippen molar-refractivity contribution in [2.45, 2.75) is 63.4 Å². The number of carbonyl (C=O) groups is 2. The van der Waals surface area contributed by atoms with Gasteiger partial charge in [0.1, 0.15) is 20.4 Å². The van der Waals surface area contributed by atoms with Gasteiger partial charge in [-0.15, -0.1) is 20.4 Å². The zero-order chi connectivity index (χ0) is 40.8. The number of amides is 2. The molecule has 20 heteroatoms. The molecule has 292 valence electrons. The number of rotatable bonds is 7. The summed E-state index contributed by atoms with van der Waals surface area (Å²) >= 11 is 13.3. The Morgan fingerprint density at radius 3 is 1.46 bits per heavy atom. The molecule has 0 saturated carbocycles. The van der Waals surface area contributed by atoms with Crippen molar-refractivity contribution in [2.24, 2.45) is 0 Å².